The molecule has 0 aliphatic rings. The molecule has 2 rings (SSSR count). The number of hydrogen-bond donors (Lipinski definition) is 1. The summed E-state index contributed by atoms with van der Waals surface area (Å²) in [6, 6.07) is 12.6. The highest BCUT2D eigenvalue weighted by molar-refractivity contribution is 6.30. The standard InChI is InChI=1S/C17H17ClN2O2/c1-12-9-13(3-4-14(12)10-19-11-21)17(22)20(2)16-7-5-15(18)6-8-16/h3-9,11H,10H2,1-2H3,(H,19,21). The van der Waals surface area contributed by atoms with Crippen molar-refractivity contribution >= 4 is 29.6 Å². The fourth-order valence-corrected chi connectivity index (χ4v) is 2.28. The highest BCUT2D eigenvalue weighted by Crippen LogP contribution is 2.20. The summed E-state index contributed by atoms with van der Waals surface area (Å²) in [4.78, 5) is 24.5. The molecule has 0 heterocycles. The molecule has 0 fully saturated rings. The van der Waals surface area contributed by atoms with Gasteiger partial charge in [-0.1, -0.05) is 17.7 Å². The van der Waals surface area contributed by atoms with E-state index >= 15 is 0 Å². The molecule has 4 nitrogen and oxygen atoms in total. The van der Waals surface area contributed by atoms with Crippen LogP contribution in [0.2, 0.25) is 5.02 Å². The zero-order chi connectivity index (χ0) is 16.1. The van der Waals surface area contributed by atoms with Crippen molar-refractivity contribution in [2.45, 2.75) is 13.5 Å². The third kappa shape index (κ3) is 3.65. The highest BCUT2D eigenvalue weighted by Gasteiger charge is 2.14. The summed E-state index contributed by atoms with van der Waals surface area (Å²) in [7, 11) is 1.72. The van der Waals surface area contributed by atoms with Gasteiger partial charge < -0.3 is 10.2 Å². The van der Waals surface area contributed by atoms with Crippen LogP contribution in [0, 0.1) is 6.92 Å². The Hall–Kier alpha value is -2.33. The van der Waals surface area contributed by atoms with Crippen molar-refractivity contribution in [1.29, 1.82) is 0 Å². The summed E-state index contributed by atoms with van der Waals surface area (Å²) >= 11 is 5.86. The maximum absolute atomic E-state index is 12.5. The lowest BCUT2D eigenvalue weighted by atomic mass is 10.0. The molecule has 0 saturated carbocycles. The predicted molar refractivity (Wildman–Crippen MR) is 88.3 cm³/mol. The van der Waals surface area contributed by atoms with Crippen LogP contribution in [0.25, 0.3) is 0 Å². The van der Waals surface area contributed by atoms with E-state index in [1.807, 2.05) is 19.1 Å². The number of amides is 2. The van der Waals surface area contributed by atoms with Gasteiger partial charge >= 0.3 is 0 Å². The SMILES string of the molecule is Cc1cc(C(=O)N(C)c2ccc(Cl)cc2)ccc1CNC=O. The van der Waals surface area contributed by atoms with E-state index in [2.05, 4.69) is 5.32 Å². The Morgan fingerprint density at radius 1 is 1.23 bits per heavy atom. The summed E-state index contributed by atoms with van der Waals surface area (Å²) in [5.41, 5.74) is 3.33. The lowest BCUT2D eigenvalue weighted by molar-refractivity contribution is -0.109. The van der Waals surface area contributed by atoms with Gasteiger partial charge in [-0.15, -0.1) is 0 Å². The molecule has 5 heteroatoms. The third-order valence-electron chi connectivity index (χ3n) is 3.48. The Morgan fingerprint density at radius 3 is 2.50 bits per heavy atom. The van der Waals surface area contributed by atoms with Gasteiger partial charge in [-0.2, -0.15) is 0 Å². The van der Waals surface area contributed by atoms with E-state index in [-0.39, 0.29) is 5.91 Å². The van der Waals surface area contributed by atoms with Crippen molar-refractivity contribution in [2.75, 3.05) is 11.9 Å². The number of nitrogens with one attached hydrogen (secondary N) is 1. The Balaban J connectivity index is 2.20. The van der Waals surface area contributed by atoms with Crippen LogP contribution < -0.4 is 10.2 Å². The first-order chi connectivity index (χ1) is 10.5. The number of benzene rings is 2. The van der Waals surface area contributed by atoms with Gasteiger partial charge in [0.15, 0.2) is 0 Å². The minimum atomic E-state index is -0.0969. The lowest BCUT2D eigenvalue weighted by Crippen LogP contribution is -2.26. The van der Waals surface area contributed by atoms with Gasteiger partial charge in [-0.25, -0.2) is 0 Å². The van der Waals surface area contributed by atoms with E-state index in [0.717, 1.165) is 16.8 Å². The first-order valence-electron chi connectivity index (χ1n) is 6.83. The zero-order valence-electron chi connectivity index (χ0n) is 12.5. The van der Waals surface area contributed by atoms with Crippen LogP contribution in [0.15, 0.2) is 42.5 Å². The molecular weight excluding hydrogens is 300 g/mol. The van der Waals surface area contributed by atoms with Crippen LogP contribution in [0.1, 0.15) is 21.5 Å². The van der Waals surface area contributed by atoms with Gasteiger partial charge in [0.1, 0.15) is 0 Å². The molecule has 0 atom stereocenters. The molecule has 114 valence electrons. The van der Waals surface area contributed by atoms with Crippen LogP contribution >= 0.6 is 11.6 Å². The van der Waals surface area contributed by atoms with Crippen LogP contribution in [-0.4, -0.2) is 19.4 Å². The van der Waals surface area contributed by atoms with Crippen LogP contribution in [0.5, 0.6) is 0 Å². The highest BCUT2D eigenvalue weighted by atomic mass is 35.5. The number of hydrogen-bond acceptors (Lipinski definition) is 2. The van der Waals surface area contributed by atoms with E-state index in [4.69, 9.17) is 11.6 Å². The molecule has 0 saturated heterocycles. The van der Waals surface area contributed by atoms with Crippen molar-refractivity contribution in [3.63, 3.8) is 0 Å². The summed E-state index contributed by atoms with van der Waals surface area (Å²) in [6.45, 7) is 2.37. The molecule has 2 aromatic carbocycles. The Labute approximate surface area is 134 Å². The van der Waals surface area contributed by atoms with Gasteiger partial charge in [0, 0.05) is 29.9 Å². The predicted octanol–water partition coefficient (Wildman–Crippen LogP) is 3.17. The first kappa shape index (κ1) is 16.0. The number of carbonyl (C=O) groups excluding carboxylic acids is 2. The van der Waals surface area contributed by atoms with E-state index in [9.17, 15) is 9.59 Å². The number of anilines is 1. The van der Waals surface area contributed by atoms with E-state index < -0.39 is 0 Å². The lowest BCUT2D eigenvalue weighted by Gasteiger charge is -2.18. The topological polar surface area (TPSA) is 49.4 Å². The molecule has 0 unspecified atom stereocenters. The summed E-state index contributed by atoms with van der Waals surface area (Å²) in [5.74, 6) is -0.0969. The van der Waals surface area contributed by atoms with E-state index in [0.29, 0.717) is 23.5 Å². The molecule has 0 radical (unpaired) electrons. The number of halogens is 1. The largest absolute Gasteiger partial charge is 0.355 e. The minimum Gasteiger partial charge on any atom is -0.355 e. The average Bonchev–Trinajstić information content (AvgIpc) is 2.53. The first-order valence-corrected chi connectivity index (χ1v) is 7.21. The Morgan fingerprint density at radius 2 is 1.91 bits per heavy atom. The van der Waals surface area contributed by atoms with E-state index in [1.54, 1.807) is 42.3 Å². The summed E-state index contributed by atoms with van der Waals surface area (Å²) in [6.07, 6.45) is 0.660. The Kier molecular flexibility index (Phi) is 5.17. The summed E-state index contributed by atoms with van der Waals surface area (Å²) in [5, 5.41) is 3.25. The van der Waals surface area contributed by atoms with Crippen molar-refractivity contribution in [1.82, 2.24) is 5.32 Å². The molecule has 0 bridgehead atoms. The smallest absolute Gasteiger partial charge is 0.258 e. The second kappa shape index (κ2) is 7.09. The monoisotopic (exact) mass is 316 g/mol. The molecule has 0 aromatic heterocycles. The van der Waals surface area contributed by atoms with Crippen molar-refractivity contribution < 1.29 is 9.59 Å². The quantitative estimate of drug-likeness (QED) is 0.861. The number of nitrogens with zero attached hydrogens (tertiary/aromatic N) is 1. The molecule has 0 spiro atoms. The van der Waals surface area contributed by atoms with Gasteiger partial charge in [-0.3, -0.25) is 9.59 Å². The van der Waals surface area contributed by atoms with Crippen LogP contribution in [0.3, 0.4) is 0 Å². The number of carbonyl (C=O) groups is 2. The van der Waals surface area contributed by atoms with Gasteiger partial charge in [0.2, 0.25) is 6.41 Å². The van der Waals surface area contributed by atoms with Gasteiger partial charge in [-0.05, 0) is 54.4 Å². The second-order valence-corrected chi connectivity index (χ2v) is 5.42. The fourth-order valence-electron chi connectivity index (χ4n) is 2.15. The molecule has 1 N–H and O–H groups in total. The molecule has 0 aliphatic carbocycles. The van der Waals surface area contributed by atoms with Crippen LogP contribution in [0.4, 0.5) is 5.69 Å². The van der Waals surface area contributed by atoms with Crippen molar-refractivity contribution in [2.24, 2.45) is 0 Å². The average molecular weight is 317 g/mol. The number of rotatable bonds is 5. The third-order valence-corrected chi connectivity index (χ3v) is 3.74. The minimum absolute atomic E-state index is 0.0969. The molecule has 0 aliphatic heterocycles. The fraction of sp³-hybridized carbons (Fsp3) is 0.176. The Bertz CT molecular complexity index is 684. The van der Waals surface area contributed by atoms with Crippen molar-refractivity contribution in [3.05, 3.63) is 64.2 Å². The molecule has 2 aromatic rings. The van der Waals surface area contributed by atoms with Crippen LogP contribution in [-0.2, 0) is 11.3 Å². The van der Waals surface area contributed by atoms with E-state index in [1.165, 1.54) is 0 Å². The maximum atomic E-state index is 12.5. The second-order valence-electron chi connectivity index (χ2n) is 4.98. The molecule has 22 heavy (non-hydrogen) atoms. The normalized spacial score (nSPS) is 10.1. The maximum Gasteiger partial charge on any atom is 0.258 e. The van der Waals surface area contributed by atoms with Gasteiger partial charge in [0.05, 0.1) is 0 Å². The number of aryl methyl sites for hydroxylation is 1. The van der Waals surface area contributed by atoms with Crippen molar-refractivity contribution in [3.8, 4) is 0 Å². The summed E-state index contributed by atoms with van der Waals surface area (Å²) < 4.78 is 0. The molecular formula is C17H17ClN2O2. The van der Waals surface area contributed by atoms with Gasteiger partial charge in [0.25, 0.3) is 5.91 Å². The molecule has 2 amide bonds. The zero-order valence-corrected chi connectivity index (χ0v) is 13.2.